The van der Waals surface area contributed by atoms with Crippen LogP contribution in [0.1, 0.15) is 66.2 Å². The van der Waals surface area contributed by atoms with E-state index in [0.717, 1.165) is 18.8 Å². The van der Waals surface area contributed by atoms with E-state index < -0.39 is 5.60 Å². The standard InChI is InChI=1S/C20H32O/c1-6-20(21)15(3)9-10-17-18(4)12-7-8-14(2)16(18)11-13-19(17,20)5/h6,8,15-17,21H,1,7,9-13H2,2-5H3/t15-,16-,17+,18-,19+,20-/m0/s1. The third-order valence-corrected chi connectivity index (χ3v) is 7.88. The summed E-state index contributed by atoms with van der Waals surface area (Å²) >= 11 is 0. The normalized spacial score (nSPS) is 53.4. The summed E-state index contributed by atoms with van der Waals surface area (Å²) in [6.07, 6.45) is 11.6. The third-order valence-electron chi connectivity index (χ3n) is 7.88. The van der Waals surface area contributed by atoms with Crippen molar-refractivity contribution in [2.75, 3.05) is 0 Å². The Kier molecular flexibility index (Phi) is 3.44. The minimum Gasteiger partial charge on any atom is -0.385 e. The highest BCUT2D eigenvalue weighted by molar-refractivity contribution is 5.24. The molecule has 0 aliphatic heterocycles. The SMILES string of the molecule is C=C[C@]1(O)[C@@H](C)CC[C@@H]2[C@@]3(C)CCC=C(C)[C@@H]3CC[C@]21C. The molecule has 0 radical (unpaired) electrons. The lowest BCUT2D eigenvalue weighted by atomic mass is 9.40. The molecule has 1 heteroatoms. The molecule has 0 spiro atoms. The first-order chi connectivity index (χ1) is 9.79. The van der Waals surface area contributed by atoms with Crippen LogP contribution in [0.3, 0.4) is 0 Å². The van der Waals surface area contributed by atoms with Gasteiger partial charge >= 0.3 is 0 Å². The van der Waals surface area contributed by atoms with E-state index in [9.17, 15) is 5.11 Å². The predicted molar refractivity (Wildman–Crippen MR) is 89.0 cm³/mol. The fourth-order valence-electron chi connectivity index (χ4n) is 6.53. The lowest BCUT2D eigenvalue weighted by Crippen LogP contribution is -2.63. The largest absolute Gasteiger partial charge is 0.385 e. The molecule has 0 heterocycles. The number of hydrogen-bond donors (Lipinski definition) is 1. The predicted octanol–water partition coefficient (Wildman–Crippen LogP) is 5.11. The van der Waals surface area contributed by atoms with Crippen molar-refractivity contribution >= 4 is 0 Å². The van der Waals surface area contributed by atoms with E-state index in [4.69, 9.17) is 0 Å². The lowest BCUT2D eigenvalue weighted by molar-refractivity contribution is -0.198. The molecule has 2 saturated carbocycles. The first-order valence-electron chi connectivity index (χ1n) is 8.82. The van der Waals surface area contributed by atoms with E-state index >= 15 is 0 Å². The van der Waals surface area contributed by atoms with Crippen molar-refractivity contribution in [3.05, 3.63) is 24.3 Å². The van der Waals surface area contributed by atoms with Gasteiger partial charge in [0, 0.05) is 5.41 Å². The summed E-state index contributed by atoms with van der Waals surface area (Å²) in [6.45, 7) is 13.4. The van der Waals surface area contributed by atoms with Gasteiger partial charge in [-0.1, -0.05) is 38.5 Å². The zero-order valence-corrected chi connectivity index (χ0v) is 14.3. The highest BCUT2D eigenvalue weighted by atomic mass is 16.3. The topological polar surface area (TPSA) is 20.2 Å². The number of fused-ring (bicyclic) bond motifs is 3. The Balaban J connectivity index is 2.07. The maximum atomic E-state index is 11.4. The molecule has 3 aliphatic carbocycles. The molecule has 0 saturated heterocycles. The van der Waals surface area contributed by atoms with Gasteiger partial charge < -0.3 is 5.11 Å². The van der Waals surface area contributed by atoms with Crippen molar-refractivity contribution in [2.24, 2.45) is 28.6 Å². The van der Waals surface area contributed by atoms with Gasteiger partial charge in [0.15, 0.2) is 0 Å². The molecule has 3 rings (SSSR count). The summed E-state index contributed by atoms with van der Waals surface area (Å²) < 4.78 is 0. The van der Waals surface area contributed by atoms with Gasteiger partial charge in [-0.15, -0.1) is 6.58 Å². The molecule has 118 valence electrons. The van der Waals surface area contributed by atoms with Crippen LogP contribution in [0, 0.1) is 28.6 Å². The summed E-state index contributed by atoms with van der Waals surface area (Å²) in [5, 5.41) is 11.4. The van der Waals surface area contributed by atoms with Crippen LogP contribution in [0.4, 0.5) is 0 Å². The monoisotopic (exact) mass is 288 g/mol. The van der Waals surface area contributed by atoms with Crippen molar-refractivity contribution in [3.63, 3.8) is 0 Å². The molecule has 3 aliphatic rings. The summed E-state index contributed by atoms with van der Waals surface area (Å²) in [5.41, 5.74) is 1.27. The summed E-state index contributed by atoms with van der Waals surface area (Å²) in [6, 6.07) is 0. The Morgan fingerprint density at radius 2 is 1.95 bits per heavy atom. The van der Waals surface area contributed by atoms with Crippen LogP contribution in [-0.4, -0.2) is 10.7 Å². The van der Waals surface area contributed by atoms with Crippen molar-refractivity contribution in [1.29, 1.82) is 0 Å². The highest BCUT2D eigenvalue weighted by Crippen LogP contribution is 2.67. The minimum atomic E-state index is -0.695. The summed E-state index contributed by atoms with van der Waals surface area (Å²) in [5.74, 6) is 1.68. The van der Waals surface area contributed by atoms with Crippen molar-refractivity contribution in [2.45, 2.75) is 71.8 Å². The second kappa shape index (κ2) is 4.72. The average molecular weight is 288 g/mol. The fourth-order valence-corrected chi connectivity index (χ4v) is 6.53. The Hall–Kier alpha value is -0.560. The van der Waals surface area contributed by atoms with Gasteiger partial charge in [0.05, 0.1) is 5.60 Å². The van der Waals surface area contributed by atoms with Gasteiger partial charge in [-0.05, 0) is 68.6 Å². The Morgan fingerprint density at radius 1 is 1.24 bits per heavy atom. The summed E-state index contributed by atoms with van der Waals surface area (Å²) in [7, 11) is 0. The van der Waals surface area contributed by atoms with Crippen molar-refractivity contribution in [1.82, 2.24) is 0 Å². The van der Waals surface area contributed by atoms with E-state index in [-0.39, 0.29) is 5.41 Å². The van der Waals surface area contributed by atoms with Gasteiger partial charge in [-0.25, -0.2) is 0 Å². The van der Waals surface area contributed by atoms with Crippen LogP contribution in [0.15, 0.2) is 24.3 Å². The fraction of sp³-hybridized carbons (Fsp3) is 0.800. The molecular formula is C20H32O. The number of allylic oxidation sites excluding steroid dienone is 2. The second-order valence-corrected chi connectivity index (χ2v) is 8.56. The molecule has 1 N–H and O–H groups in total. The number of rotatable bonds is 1. The molecule has 6 atom stereocenters. The van der Waals surface area contributed by atoms with E-state index in [2.05, 4.69) is 40.3 Å². The van der Waals surface area contributed by atoms with E-state index in [0.29, 0.717) is 17.3 Å². The summed E-state index contributed by atoms with van der Waals surface area (Å²) in [4.78, 5) is 0. The molecule has 0 bridgehead atoms. The van der Waals surface area contributed by atoms with E-state index in [1.807, 2.05) is 6.08 Å². The zero-order chi connectivity index (χ0) is 15.5. The Bertz CT molecular complexity index is 478. The molecule has 21 heavy (non-hydrogen) atoms. The van der Waals surface area contributed by atoms with Crippen LogP contribution < -0.4 is 0 Å². The van der Waals surface area contributed by atoms with Crippen molar-refractivity contribution < 1.29 is 5.11 Å². The van der Waals surface area contributed by atoms with Gasteiger partial charge in [-0.2, -0.15) is 0 Å². The van der Waals surface area contributed by atoms with Crippen molar-refractivity contribution in [3.8, 4) is 0 Å². The smallest absolute Gasteiger partial charge is 0.0906 e. The van der Waals surface area contributed by atoms with Gasteiger partial charge in [-0.3, -0.25) is 0 Å². The lowest BCUT2D eigenvalue weighted by Gasteiger charge is -2.65. The second-order valence-electron chi connectivity index (χ2n) is 8.56. The first-order valence-corrected chi connectivity index (χ1v) is 8.82. The first kappa shape index (κ1) is 15.3. The highest BCUT2D eigenvalue weighted by Gasteiger charge is 2.63. The van der Waals surface area contributed by atoms with E-state index in [1.54, 1.807) is 5.57 Å². The minimum absolute atomic E-state index is 0.00468. The van der Waals surface area contributed by atoms with Crippen LogP contribution >= 0.6 is 0 Å². The van der Waals surface area contributed by atoms with Crippen LogP contribution in [0.2, 0.25) is 0 Å². The number of hydrogen-bond acceptors (Lipinski definition) is 1. The molecule has 2 fully saturated rings. The maximum absolute atomic E-state index is 11.4. The molecule has 0 aromatic carbocycles. The van der Waals surface area contributed by atoms with Crippen LogP contribution in [0.25, 0.3) is 0 Å². The Morgan fingerprint density at radius 3 is 2.62 bits per heavy atom. The molecule has 1 nitrogen and oxygen atoms in total. The molecular weight excluding hydrogens is 256 g/mol. The maximum Gasteiger partial charge on any atom is 0.0906 e. The van der Waals surface area contributed by atoms with Gasteiger partial charge in [0.25, 0.3) is 0 Å². The van der Waals surface area contributed by atoms with E-state index in [1.165, 1.54) is 25.7 Å². The van der Waals surface area contributed by atoms with Gasteiger partial charge in [0.2, 0.25) is 0 Å². The van der Waals surface area contributed by atoms with Crippen LogP contribution in [0.5, 0.6) is 0 Å². The van der Waals surface area contributed by atoms with Crippen LogP contribution in [-0.2, 0) is 0 Å². The number of aliphatic hydroxyl groups is 1. The zero-order valence-electron chi connectivity index (χ0n) is 14.3. The molecule has 0 aromatic heterocycles. The molecule has 0 amide bonds. The quantitative estimate of drug-likeness (QED) is 0.665. The Labute approximate surface area is 130 Å². The molecule has 0 aromatic rings. The third kappa shape index (κ3) is 1.79. The van der Waals surface area contributed by atoms with Gasteiger partial charge in [0.1, 0.15) is 0 Å². The average Bonchev–Trinajstić information content (AvgIpc) is 2.43. The molecule has 0 unspecified atom stereocenters.